The number of nitrogens with one attached hydrogen (secondary N) is 1. The van der Waals surface area contributed by atoms with Crippen LogP contribution in [0.15, 0.2) is 18.2 Å². The van der Waals surface area contributed by atoms with E-state index in [-0.39, 0.29) is 0 Å². The number of benzene rings is 1. The summed E-state index contributed by atoms with van der Waals surface area (Å²) in [5.41, 5.74) is 1.25. The summed E-state index contributed by atoms with van der Waals surface area (Å²) in [6.45, 7) is 7.05. The fourth-order valence-corrected chi connectivity index (χ4v) is 3.05. The van der Waals surface area contributed by atoms with E-state index in [0.717, 1.165) is 36.4 Å². The van der Waals surface area contributed by atoms with E-state index in [1.165, 1.54) is 31.2 Å². The summed E-state index contributed by atoms with van der Waals surface area (Å²) in [7, 11) is 1.68. The van der Waals surface area contributed by atoms with E-state index < -0.39 is 0 Å². The van der Waals surface area contributed by atoms with Crippen molar-refractivity contribution >= 4 is 0 Å². The first-order valence-corrected chi connectivity index (χ1v) is 8.23. The van der Waals surface area contributed by atoms with Crippen molar-refractivity contribution in [1.82, 2.24) is 5.32 Å². The molecule has 21 heavy (non-hydrogen) atoms. The lowest BCUT2D eigenvalue weighted by Crippen LogP contribution is -2.25. The van der Waals surface area contributed by atoms with E-state index in [1.54, 1.807) is 7.11 Å². The fraction of sp³-hybridized carbons (Fsp3) is 0.667. The second kappa shape index (κ2) is 8.28. The lowest BCUT2D eigenvalue weighted by atomic mass is 9.83. The molecule has 0 heterocycles. The minimum absolute atomic E-state index is 0.660. The van der Waals surface area contributed by atoms with E-state index in [9.17, 15) is 0 Å². The fourth-order valence-electron chi connectivity index (χ4n) is 3.05. The normalized spacial score (nSPS) is 22.0. The van der Waals surface area contributed by atoms with Crippen molar-refractivity contribution in [1.29, 1.82) is 0 Å². The van der Waals surface area contributed by atoms with Gasteiger partial charge in [-0.15, -0.1) is 0 Å². The maximum Gasteiger partial charge on any atom is 0.161 e. The van der Waals surface area contributed by atoms with E-state index in [1.807, 2.05) is 13.0 Å². The van der Waals surface area contributed by atoms with Crippen LogP contribution in [0.2, 0.25) is 0 Å². The molecule has 1 aliphatic rings. The molecule has 1 fully saturated rings. The number of rotatable bonds is 7. The van der Waals surface area contributed by atoms with Gasteiger partial charge in [0, 0.05) is 6.54 Å². The van der Waals surface area contributed by atoms with Crippen molar-refractivity contribution in [2.24, 2.45) is 11.8 Å². The molecule has 0 aromatic heterocycles. The summed E-state index contributed by atoms with van der Waals surface area (Å²) >= 11 is 0. The Kier molecular flexibility index (Phi) is 6.37. The monoisotopic (exact) mass is 291 g/mol. The minimum Gasteiger partial charge on any atom is -0.493 e. The third kappa shape index (κ3) is 4.92. The van der Waals surface area contributed by atoms with Crippen molar-refractivity contribution in [2.45, 2.75) is 46.1 Å². The van der Waals surface area contributed by atoms with Gasteiger partial charge >= 0.3 is 0 Å². The summed E-state index contributed by atoms with van der Waals surface area (Å²) in [5, 5.41) is 3.60. The highest BCUT2D eigenvalue weighted by Crippen LogP contribution is 2.29. The van der Waals surface area contributed by atoms with Crippen molar-refractivity contribution in [3.8, 4) is 11.5 Å². The molecule has 3 nitrogen and oxygen atoms in total. The SMILES string of the molecule is CCOc1cc(CNCC2CCC(C)CC2)ccc1OC. The first kappa shape index (κ1) is 16.2. The topological polar surface area (TPSA) is 30.5 Å². The van der Waals surface area contributed by atoms with Crippen LogP contribution in [0.3, 0.4) is 0 Å². The van der Waals surface area contributed by atoms with E-state index >= 15 is 0 Å². The molecule has 0 amide bonds. The van der Waals surface area contributed by atoms with Crippen LogP contribution in [0.5, 0.6) is 11.5 Å². The maximum atomic E-state index is 5.62. The zero-order chi connectivity index (χ0) is 15.1. The van der Waals surface area contributed by atoms with Gasteiger partial charge in [-0.25, -0.2) is 0 Å². The maximum absolute atomic E-state index is 5.62. The lowest BCUT2D eigenvalue weighted by Gasteiger charge is -2.26. The van der Waals surface area contributed by atoms with Gasteiger partial charge in [0.05, 0.1) is 13.7 Å². The molecule has 0 aliphatic heterocycles. The van der Waals surface area contributed by atoms with Gasteiger partial charge in [-0.1, -0.05) is 25.8 Å². The largest absolute Gasteiger partial charge is 0.493 e. The first-order chi connectivity index (χ1) is 10.2. The van der Waals surface area contributed by atoms with Crippen molar-refractivity contribution in [3.05, 3.63) is 23.8 Å². The van der Waals surface area contributed by atoms with Crippen LogP contribution in [0.1, 0.15) is 45.1 Å². The zero-order valence-corrected chi connectivity index (χ0v) is 13.7. The van der Waals surface area contributed by atoms with Gasteiger partial charge < -0.3 is 14.8 Å². The van der Waals surface area contributed by atoms with Gasteiger partial charge in [-0.05, 0) is 55.8 Å². The van der Waals surface area contributed by atoms with Crippen LogP contribution in [-0.4, -0.2) is 20.3 Å². The number of hydrogen-bond acceptors (Lipinski definition) is 3. The Balaban J connectivity index is 1.81. The van der Waals surface area contributed by atoms with Crippen molar-refractivity contribution < 1.29 is 9.47 Å². The zero-order valence-electron chi connectivity index (χ0n) is 13.7. The van der Waals surface area contributed by atoms with Gasteiger partial charge in [0.2, 0.25) is 0 Å². The van der Waals surface area contributed by atoms with Gasteiger partial charge in [0.15, 0.2) is 11.5 Å². The molecule has 0 spiro atoms. The van der Waals surface area contributed by atoms with E-state index in [0.29, 0.717) is 6.61 Å². The molecule has 1 N–H and O–H groups in total. The molecular formula is C18H29NO2. The van der Waals surface area contributed by atoms with Crippen LogP contribution < -0.4 is 14.8 Å². The lowest BCUT2D eigenvalue weighted by molar-refractivity contribution is 0.281. The third-order valence-electron chi connectivity index (χ3n) is 4.43. The molecule has 0 unspecified atom stereocenters. The van der Waals surface area contributed by atoms with E-state index in [4.69, 9.17) is 9.47 Å². The van der Waals surface area contributed by atoms with Crippen LogP contribution in [0.25, 0.3) is 0 Å². The second-order valence-electron chi connectivity index (χ2n) is 6.18. The molecule has 0 atom stereocenters. The van der Waals surface area contributed by atoms with Crippen molar-refractivity contribution in [2.75, 3.05) is 20.3 Å². The molecular weight excluding hydrogens is 262 g/mol. The van der Waals surface area contributed by atoms with Gasteiger partial charge in [-0.2, -0.15) is 0 Å². The smallest absolute Gasteiger partial charge is 0.161 e. The predicted molar refractivity (Wildman–Crippen MR) is 87.0 cm³/mol. The molecule has 1 aromatic carbocycles. The number of ether oxygens (including phenoxy) is 2. The molecule has 118 valence electrons. The molecule has 0 bridgehead atoms. The number of methoxy groups -OCH3 is 1. The van der Waals surface area contributed by atoms with E-state index in [2.05, 4.69) is 24.4 Å². The first-order valence-electron chi connectivity index (χ1n) is 8.23. The molecule has 1 saturated carbocycles. The highest BCUT2D eigenvalue weighted by molar-refractivity contribution is 5.42. The van der Waals surface area contributed by atoms with Crippen LogP contribution >= 0.6 is 0 Å². The molecule has 0 saturated heterocycles. The summed E-state index contributed by atoms with van der Waals surface area (Å²) in [6.07, 6.45) is 5.54. The van der Waals surface area contributed by atoms with Gasteiger partial charge in [0.25, 0.3) is 0 Å². The Morgan fingerprint density at radius 3 is 2.57 bits per heavy atom. The van der Waals surface area contributed by atoms with Gasteiger partial charge in [-0.3, -0.25) is 0 Å². The Morgan fingerprint density at radius 1 is 1.14 bits per heavy atom. The molecule has 3 heteroatoms. The predicted octanol–water partition coefficient (Wildman–Crippen LogP) is 4.01. The average molecular weight is 291 g/mol. The molecule has 0 radical (unpaired) electrons. The summed E-state index contributed by atoms with van der Waals surface area (Å²) < 4.78 is 10.9. The third-order valence-corrected chi connectivity index (χ3v) is 4.43. The Bertz CT molecular complexity index is 425. The van der Waals surface area contributed by atoms with Crippen LogP contribution in [0, 0.1) is 11.8 Å². The average Bonchev–Trinajstić information content (AvgIpc) is 2.50. The highest BCUT2D eigenvalue weighted by atomic mass is 16.5. The van der Waals surface area contributed by atoms with Gasteiger partial charge in [0.1, 0.15) is 0 Å². The Morgan fingerprint density at radius 2 is 1.90 bits per heavy atom. The second-order valence-corrected chi connectivity index (χ2v) is 6.18. The Hall–Kier alpha value is -1.22. The van der Waals surface area contributed by atoms with Crippen LogP contribution in [-0.2, 0) is 6.54 Å². The summed E-state index contributed by atoms with van der Waals surface area (Å²) in [5.74, 6) is 3.43. The minimum atomic E-state index is 0.660. The summed E-state index contributed by atoms with van der Waals surface area (Å²) in [6, 6.07) is 6.18. The van der Waals surface area contributed by atoms with Crippen molar-refractivity contribution in [3.63, 3.8) is 0 Å². The molecule has 1 aliphatic carbocycles. The van der Waals surface area contributed by atoms with Crippen LogP contribution in [0.4, 0.5) is 0 Å². The number of hydrogen-bond donors (Lipinski definition) is 1. The molecule has 2 rings (SSSR count). The molecule has 1 aromatic rings. The summed E-state index contributed by atoms with van der Waals surface area (Å²) in [4.78, 5) is 0. The standard InChI is InChI=1S/C18H29NO2/c1-4-21-18-11-16(9-10-17(18)20-3)13-19-12-15-7-5-14(2)6-8-15/h9-11,14-15,19H,4-8,12-13H2,1-3H3. The highest BCUT2D eigenvalue weighted by Gasteiger charge is 2.17. The Labute approximate surface area is 129 Å². The quantitative estimate of drug-likeness (QED) is 0.823.